The van der Waals surface area contributed by atoms with Crippen LogP contribution in [0.3, 0.4) is 0 Å². The Labute approximate surface area is 292 Å². The van der Waals surface area contributed by atoms with Gasteiger partial charge < -0.3 is 9.30 Å². The third-order valence-electron chi connectivity index (χ3n) is 9.38. The smallest absolute Gasteiger partial charge is 0.219 e. The predicted octanol–water partition coefficient (Wildman–Crippen LogP) is 11.3. The number of fused-ring (bicyclic) bond motifs is 2. The van der Waals surface area contributed by atoms with Crippen LogP contribution in [0.5, 0.6) is 11.6 Å². The third-order valence-corrected chi connectivity index (χ3v) is 9.38. The number of aryl methyl sites for hydroxylation is 1. The van der Waals surface area contributed by atoms with Crippen LogP contribution in [0, 0.1) is 0 Å². The number of aromatic nitrogens is 5. The SMILES string of the molecule is CC(C)c1cc(-c2ccccc2)cc(C(C)C)c1-c1nc2ccc(Oc3cccc(-c4nc5ccccc5n4C)n3)cc2n1-c1ccccc1. The first kappa shape index (κ1) is 31.3. The Morgan fingerprint density at radius 3 is 1.88 bits per heavy atom. The normalized spacial score (nSPS) is 11.7. The van der Waals surface area contributed by atoms with Gasteiger partial charge in [-0.2, -0.15) is 0 Å². The number of pyridine rings is 1. The molecule has 0 aliphatic rings. The molecule has 0 amide bonds. The molecule has 3 aromatic heterocycles. The molecule has 0 N–H and O–H groups in total. The fourth-order valence-electron chi connectivity index (χ4n) is 6.87. The first-order chi connectivity index (χ1) is 24.4. The molecule has 0 spiro atoms. The van der Waals surface area contributed by atoms with E-state index in [2.05, 4.69) is 116 Å². The van der Waals surface area contributed by atoms with E-state index in [1.165, 1.54) is 27.8 Å². The molecule has 3 heterocycles. The second kappa shape index (κ2) is 12.8. The van der Waals surface area contributed by atoms with Crippen LogP contribution in [0.15, 0.2) is 133 Å². The molecule has 8 aromatic rings. The standard InChI is InChI=1S/C44H39N5O/c1-28(2)34-25-31(30-15-8-6-9-16-30)26-35(29(3)4)42(34)44-47-37-24-23-33(27-40(37)49(44)32-17-10-7-11-18-32)50-41-22-14-20-38(45-41)43-46-36-19-12-13-21-39(36)48(43)5/h6-29H,1-5H3. The molecule has 0 aliphatic heterocycles. The molecule has 8 rings (SSSR count). The Bertz CT molecular complexity index is 2450. The van der Waals surface area contributed by atoms with Crippen molar-refractivity contribution < 1.29 is 4.74 Å². The second-order valence-electron chi connectivity index (χ2n) is 13.4. The van der Waals surface area contributed by atoms with Gasteiger partial charge in [0.2, 0.25) is 5.88 Å². The van der Waals surface area contributed by atoms with Crippen LogP contribution in [0.1, 0.15) is 50.7 Å². The van der Waals surface area contributed by atoms with Gasteiger partial charge in [0.25, 0.3) is 0 Å². The topological polar surface area (TPSA) is 57.8 Å². The number of imidazole rings is 2. The maximum absolute atomic E-state index is 6.47. The van der Waals surface area contributed by atoms with E-state index < -0.39 is 0 Å². The number of nitrogens with zero attached hydrogens (tertiary/aromatic N) is 5. The van der Waals surface area contributed by atoms with Crippen LogP contribution in [0.4, 0.5) is 0 Å². The van der Waals surface area contributed by atoms with Crippen molar-refractivity contribution in [1.29, 1.82) is 0 Å². The fourth-order valence-corrected chi connectivity index (χ4v) is 6.87. The van der Waals surface area contributed by atoms with Gasteiger partial charge in [0.05, 0.1) is 22.1 Å². The van der Waals surface area contributed by atoms with Crippen LogP contribution >= 0.6 is 0 Å². The van der Waals surface area contributed by atoms with E-state index in [1.807, 2.05) is 61.6 Å². The Morgan fingerprint density at radius 2 is 1.18 bits per heavy atom. The summed E-state index contributed by atoms with van der Waals surface area (Å²) in [6.07, 6.45) is 0. The van der Waals surface area contributed by atoms with Gasteiger partial charge >= 0.3 is 0 Å². The van der Waals surface area contributed by atoms with E-state index in [4.69, 9.17) is 19.7 Å². The van der Waals surface area contributed by atoms with E-state index in [9.17, 15) is 0 Å². The van der Waals surface area contributed by atoms with Crippen molar-refractivity contribution in [1.82, 2.24) is 24.1 Å². The lowest BCUT2D eigenvalue weighted by molar-refractivity contribution is 0.464. The Balaban J connectivity index is 1.27. The van der Waals surface area contributed by atoms with E-state index in [0.29, 0.717) is 11.6 Å². The molecule has 6 heteroatoms. The maximum Gasteiger partial charge on any atom is 0.219 e. The van der Waals surface area contributed by atoms with E-state index in [1.54, 1.807) is 0 Å². The molecule has 0 atom stereocenters. The summed E-state index contributed by atoms with van der Waals surface area (Å²) < 4.78 is 10.8. The number of ether oxygens (including phenoxy) is 1. The van der Waals surface area contributed by atoms with Crippen molar-refractivity contribution >= 4 is 22.1 Å². The second-order valence-corrected chi connectivity index (χ2v) is 13.4. The Morgan fingerprint density at radius 1 is 0.540 bits per heavy atom. The summed E-state index contributed by atoms with van der Waals surface area (Å²) >= 11 is 0. The van der Waals surface area contributed by atoms with Gasteiger partial charge in [-0.05, 0) is 76.6 Å². The van der Waals surface area contributed by atoms with E-state index in [-0.39, 0.29) is 11.8 Å². The lowest BCUT2D eigenvalue weighted by atomic mass is 9.85. The molecule has 0 unspecified atom stereocenters. The summed E-state index contributed by atoms with van der Waals surface area (Å²) in [6, 6.07) is 45.9. The van der Waals surface area contributed by atoms with Gasteiger partial charge in [0.1, 0.15) is 17.3 Å². The van der Waals surface area contributed by atoms with Gasteiger partial charge in [0, 0.05) is 30.4 Å². The van der Waals surface area contributed by atoms with Crippen molar-refractivity contribution in [2.24, 2.45) is 7.05 Å². The third kappa shape index (κ3) is 5.63. The molecule has 0 fully saturated rings. The number of hydrogen-bond acceptors (Lipinski definition) is 4. The fraction of sp³-hybridized carbons (Fsp3) is 0.159. The van der Waals surface area contributed by atoms with Crippen LogP contribution < -0.4 is 4.74 Å². The van der Waals surface area contributed by atoms with Crippen molar-refractivity contribution in [2.75, 3.05) is 0 Å². The molecule has 0 saturated carbocycles. The minimum absolute atomic E-state index is 0.281. The summed E-state index contributed by atoms with van der Waals surface area (Å²) in [5.41, 5.74) is 11.8. The number of benzene rings is 5. The minimum atomic E-state index is 0.281. The zero-order chi connectivity index (χ0) is 34.4. The van der Waals surface area contributed by atoms with Crippen molar-refractivity contribution in [3.63, 3.8) is 0 Å². The zero-order valence-electron chi connectivity index (χ0n) is 29.0. The van der Waals surface area contributed by atoms with Gasteiger partial charge in [-0.15, -0.1) is 0 Å². The van der Waals surface area contributed by atoms with Crippen LogP contribution in [0.2, 0.25) is 0 Å². The monoisotopic (exact) mass is 653 g/mol. The average molecular weight is 654 g/mol. The molecular formula is C44H39N5O. The number of hydrogen-bond donors (Lipinski definition) is 0. The first-order valence-electron chi connectivity index (χ1n) is 17.2. The molecule has 0 bridgehead atoms. The summed E-state index contributed by atoms with van der Waals surface area (Å²) in [5, 5.41) is 0. The highest BCUT2D eigenvalue weighted by atomic mass is 16.5. The molecule has 5 aromatic carbocycles. The zero-order valence-corrected chi connectivity index (χ0v) is 29.0. The van der Waals surface area contributed by atoms with Gasteiger partial charge in [-0.1, -0.05) is 107 Å². The lowest BCUT2D eigenvalue weighted by Gasteiger charge is -2.22. The minimum Gasteiger partial charge on any atom is -0.439 e. The number of rotatable bonds is 8. The summed E-state index contributed by atoms with van der Waals surface area (Å²) in [7, 11) is 2.01. The van der Waals surface area contributed by atoms with Crippen LogP contribution in [-0.4, -0.2) is 24.1 Å². The van der Waals surface area contributed by atoms with Gasteiger partial charge in [0.15, 0.2) is 5.82 Å². The van der Waals surface area contributed by atoms with E-state index in [0.717, 1.165) is 45.1 Å². The Hall–Kier alpha value is -6.01. The molecular weight excluding hydrogens is 615 g/mol. The van der Waals surface area contributed by atoms with Gasteiger partial charge in [-0.25, -0.2) is 15.0 Å². The number of para-hydroxylation sites is 3. The van der Waals surface area contributed by atoms with E-state index >= 15 is 0 Å². The first-order valence-corrected chi connectivity index (χ1v) is 17.2. The van der Waals surface area contributed by atoms with Crippen LogP contribution in [-0.2, 0) is 7.05 Å². The molecule has 246 valence electrons. The highest BCUT2D eigenvalue weighted by molar-refractivity contribution is 5.87. The summed E-state index contributed by atoms with van der Waals surface area (Å²) in [6.45, 7) is 9.09. The predicted molar refractivity (Wildman–Crippen MR) is 204 cm³/mol. The summed E-state index contributed by atoms with van der Waals surface area (Å²) in [5.74, 6) is 3.47. The van der Waals surface area contributed by atoms with Crippen molar-refractivity contribution in [2.45, 2.75) is 39.5 Å². The largest absolute Gasteiger partial charge is 0.439 e. The maximum atomic E-state index is 6.47. The highest BCUT2D eigenvalue weighted by Crippen LogP contribution is 2.42. The molecule has 0 radical (unpaired) electrons. The highest BCUT2D eigenvalue weighted by Gasteiger charge is 2.24. The summed E-state index contributed by atoms with van der Waals surface area (Å²) in [4.78, 5) is 15.1. The van der Waals surface area contributed by atoms with Crippen molar-refractivity contribution in [3.05, 3.63) is 145 Å². The van der Waals surface area contributed by atoms with Crippen molar-refractivity contribution in [3.8, 4) is 51.3 Å². The molecule has 0 aliphatic carbocycles. The Kier molecular flexibility index (Phi) is 8.00. The molecule has 50 heavy (non-hydrogen) atoms. The quantitative estimate of drug-likeness (QED) is 0.164. The average Bonchev–Trinajstić information content (AvgIpc) is 3.69. The molecule has 6 nitrogen and oxygen atoms in total. The molecule has 0 saturated heterocycles. The van der Waals surface area contributed by atoms with Crippen LogP contribution in [0.25, 0.3) is 61.8 Å². The lowest BCUT2D eigenvalue weighted by Crippen LogP contribution is -2.06. The van der Waals surface area contributed by atoms with Gasteiger partial charge in [-0.3, -0.25) is 4.57 Å².